The van der Waals surface area contributed by atoms with Crippen LogP contribution in [0.1, 0.15) is 53.2 Å². The molecule has 6 nitrogen and oxygen atoms in total. The average molecular weight is 327 g/mol. The van der Waals surface area contributed by atoms with Crippen molar-refractivity contribution in [2.45, 2.75) is 44.6 Å². The molecular weight excluding hydrogens is 306 g/mol. The summed E-state index contributed by atoms with van der Waals surface area (Å²) in [6, 6.07) is 1.89. The minimum Gasteiger partial charge on any atom is -0.490 e. The minimum absolute atomic E-state index is 0.0386. The van der Waals surface area contributed by atoms with Crippen LogP contribution >= 0.6 is 0 Å². The molecule has 0 atom stereocenters. The monoisotopic (exact) mass is 327 g/mol. The molecule has 0 radical (unpaired) electrons. The third kappa shape index (κ3) is 3.00. The lowest BCUT2D eigenvalue weighted by molar-refractivity contribution is 0.0592. The van der Waals surface area contributed by atoms with Gasteiger partial charge in [-0.15, -0.1) is 0 Å². The Morgan fingerprint density at radius 1 is 1.29 bits per heavy atom. The molecule has 2 fully saturated rings. The zero-order valence-electron chi connectivity index (χ0n) is 13.8. The number of ether oxygens (including phenoxy) is 1. The first-order chi connectivity index (χ1) is 11.7. The molecule has 0 N–H and O–H groups in total. The molecule has 0 aromatic carbocycles. The first kappa shape index (κ1) is 15.2. The lowest BCUT2D eigenvalue weighted by Crippen LogP contribution is -2.42. The van der Waals surface area contributed by atoms with Crippen molar-refractivity contribution in [3.63, 3.8) is 0 Å². The van der Waals surface area contributed by atoms with Crippen LogP contribution in [0.15, 0.2) is 29.2 Å². The highest BCUT2D eigenvalue weighted by Gasteiger charge is 2.34. The molecule has 1 saturated heterocycles. The van der Waals surface area contributed by atoms with Crippen molar-refractivity contribution in [1.29, 1.82) is 0 Å². The fourth-order valence-corrected chi connectivity index (χ4v) is 3.18. The molecule has 1 saturated carbocycles. The topological polar surface area (TPSA) is 68.5 Å². The van der Waals surface area contributed by atoms with Gasteiger partial charge in [0, 0.05) is 49.8 Å². The summed E-state index contributed by atoms with van der Waals surface area (Å²) in [5.74, 6) is 1.33. The molecule has 2 aromatic rings. The number of likely N-dealkylation sites (tertiary alicyclic amines) is 1. The Balaban J connectivity index is 1.36. The van der Waals surface area contributed by atoms with Crippen molar-refractivity contribution in [3.05, 3.63) is 41.5 Å². The second kappa shape index (κ2) is 6.26. The van der Waals surface area contributed by atoms with Gasteiger partial charge < -0.3 is 14.2 Å². The van der Waals surface area contributed by atoms with Crippen molar-refractivity contribution in [3.8, 4) is 5.75 Å². The summed E-state index contributed by atoms with van der Waals surface area (Å²) in [5.41, 5.74) is 2.52. The van der Waals surface area contributed by atoms with E-state index < -0.39 is 0 Å². The maximum atomic E-state index is 12.7. The zero-order chi connectivity index (χ0) is 16.5. The number of carbonyl (C=O) groups is 1. The van der Waals surface area contributed by atoms with Crippen molar-refractivity contribution in [2.24, 2.45) is 0 Å². The largest absolute Gasteiger partial charge is 0.490 e. The molecule has 1 aliphatic heterocycles. The third-order valence-electron chi connectivity index (χ3n) is 4.78. The van der Waals surface area contributed by atoms with Crippen molar-refractivity contribution >= 4 is 5.91 Å². The zero-order valence-corrected chi connectivity index (χ0v) is 13.8. The summed E-state index contributed by atoms with van der Waals surface area (Å²) in [4.78, 5) is 18.7. The van der Waals surface area contributed by atoms with Crippen LogP contribution in [0.5, 0.6) is 5.75 Å². The Bertz CT molecular complexity index is 731. The van der Waals surface area contributed by atoms with Crippen LogP contribution in [0.4, 0.5) is 0 Å². The SMILES string of the molecule is Cc1cnccc1OC1CCN(C(=O)c2conc2C2CC2)CC1. The normalized spacial score (nSPS) is 18.6. The van der Waals surface area contributed by atoms with E-state index in [-0.39, 0.29) is 12.0 Å². The second-order valence-electron chi connectivity index (χ2n) is 6.64. The van der Waals surface area contributed by atoms with E-state index >= 15 is 0 Å². The summed E-state index contributed by atoms with van der Waals surface area (Å²) in [6.07, 6.45) is 9.06. The number of aryl methyl sites for hydroxylation is 1. The van der Waals surface area contributed by atoms with Crippen molar-refractivity contribution in [1.82, 2.24) is 15.0 Å². The number of aromatic nitrogens is 2. The maximum absolute atomic E-state index is 12.7. The number of piperidine rings is 1. The molecule has 6 heteroatoms. The molecule has 126 valence electrons. The lowest BCUT2D eigenvalue weighted by atomic mass is 10.1. The standard InChI is InChI=1S/C18H21N3O3/c1-12-10-19-7-4-16(12)24-14-5-8-21(9-6-14)18(22)15-11-23-20-17(15)13-2-3-13/h4,7,10-11,13-14H,2-3,5-6,8-9H2,1H3. The molecule has 2 aliphatic rings. The van der Waals surface area contributed by atoms with Gasteiger partial charge in [-0.05, 0) is 25.8 Å². The van der Waals surface area contributed by atoms with Gasteiger partial charge in [0.2, 0.25) is 0 Å². The van der Waals surface area contributed by atoms with E-state index in [0.29, 0.717) is 24.6 Å². The number of nitrogens with zero attached hydrogens (tertiary/aromatic N) is 3. The fraction of sp³-hybridized carbons (Fsp3) is 0.500. The average Bonchev–Trinajstić information content (AvgIpc) is 3.34. The van der Waals surface area contributed by atoms with Crippen LogP contribution in [-0.2, 0) is 0 Å². The van der Waals surface area contributed by atoms with Gasteiger partial charge in [-0.1, -0.05) is 5.16 Å². The fourth-order valence-electron chi connectivity index (χ4n) is 3.18. The highest BCUT2D eigenvalue weighted by Crippen LogP contribution is 2.41. The molecule has 0 spiro atoms. The van der Waals surface area contributed by atoms with Crippen LogP contribution in [0.3, 0.4) is 0 Å². The maximum Gasteiger partial charge on any atom is 0.259 e. The Kier molecular flexibility index (Phi) is 3.96. The second-order valence-corrected chi connectivity index (χ2v) is 6.64. The van der Waals surface area contributed by atoms with Gasteiger partial charge in [0.25, 0.3) is 5.91 Å². The predicted octanol–water partition coefficient (Wildman–Crippen LogP) is 2.94. The Morgan fingerprint density at radius 3 is 2.79 bits per heavy atom. The third-order valence-corrected chi connectivity index (χ3v) is 4.78. The van der Waals surface area contributed by atoms with Gasteiger partial charge in [0.15, 0.2) is 0 Å². The van der Waals surface area contributed by atoms with Crippen LogP contribution in [0, 0.1) is 6.92 Å². The number of hydrogen-bond acceptors (Lipinski definition) is 5. The highest BCUT2D eigenvalue weighted by molar-refractivity contribution is 5.95. The van der Waals surface area contributed by atoms with E-state index in [4.69, 9.17) is 9.26 Å². The van der Waals surface area contributed by atoms with Crippen LogP contribution in [-0.4, -0.2) is 40.1 Å². The number of hydrogen-bond donors (Lipinski definition) is 0. The van der Waals surface area contributed by atoms with E-state index in [1.165, 1.54) is 6.26 Å². The summed E-state index contributed by atoms with van der Waals surface area (Å²) in [6.45, 7) is 3.39. The molecule has 4 rings (SSSR count). The summed E-state index contributed by atoms with van der Waals surface area (Å²) in [5, 5.41) is 4.02. The van der Waals surface area contributed by atoms with E-state index in [0.717, 1.165) is 42.7 Å². The first-order valence-electron chi connectivity index (χ1n) is 8.53. The van der Waals surface area contributed by atoms with Gasteiger partial charge >= 0.3 is 0 Å². The Labute approximate surface area is 140 Å². The predicted molar refractivity (Wildman–Crippen MR) is 87.0 cm³/mol. The van der Waals surface area contributed by atoms with Gasteiger partial charge in [-0.3, -0.25) is 9.78 Å². The van der Waals surface area contributed by atoms with Crippen LogP contribution < -0.4 is 4.74 Å². The number of amides is 1. The molecule has 0 bridgehead atoms. The number of rotatable bonds is 4. The van der Waals surface area contributed by atoms with Crippen LogP contribution in [0.2, 0.25) is 0 Å². The molecule has 24 heavy (non-hydrogen) atoms. The Morgan fingerprint density at radius 2 is 2.08 bits per heavy atom. The van der Waals surface area contributed by atoms with E-state index in [9.17, 15) is 4.79 Å². The van der Waals surface area contributed by atoms with Gasteiger partial charge in [0.1, 0.15) is 23.7 Å². The number of carbonyl (C=O) groups excluding carboxylic acids is 1. The molecule has 0 unspecified atom stereocenters. The van der Waals surface area contributed by atoms with Gasteiger partial charge in [0.05, 0.1) is 5.69 Å². The summed E-state index contributed by atoms with van der Waals surface area (Å²) < 4.78 is 11.1. The lowest BCUT2D eigenvalue weighted by Gasteiger charge is -2.32. The first-order valence-corrected chi connectivity index (χ1v) is 8.53. The minimum atomic E-state index is 0.0386. The molecule has 3 heterocycles. The van der Waals surface area contributed by atoms with Crippen molar-refractivity contribution < 1.29 is 14.1 Å². The highest BCUT2D eigenvalue weighted by atomic mass is 16.5. The van der Waals surface area contributed by atoms with E-state index in [2.05, 4.69) is 10.1 Å². The molecule has 1 amide bonds. The van der Waals surface area contributed by atoms with E-state index in [1.54, 1.807) is 12.4 Å². The molecule has 2 aromatic heterocycles. The molecular formula is C18H21N3O3. The Hall–Kier alpha value is -2.37. The van der Waals surface area contributed by atoms with Crippen LogP contribution in [0.25, 0.3) is 0 Å². The quantitative estimate of drug-likeness (QED) is 0.863. The summed E-state index contributed by atoms with van der Waals surface area (Å²) in [7, 11) is 0. The van der Waals surface area contributed by atoms with Gasteiger partial charge in [-0.25, -0.2) is 0 Å². The van der Waals surface area contributed by atoms with Gasteiger partial charge in [-0.2, -0.15) is 0 Å². The van der Waals surface area contributed by atoms with E-state index in [1.807, 2.05) is 17.9 Å². The number of pyridine rings is 1. The smallest absolute Gasteiger partial charge is 0.259 e. The van der Waals surface area contributed by atoms with Crippen molar-refractivity contribution in [2.75, 3.05) is 13.1 Å². The molecule has 1 aliphatic carbocycles. The summed E-state index contributed by atoms with van der Waals surface area (Å²) >= 11 is 0.